The lowest BCUT2D eigenvalue weighted by Gasteiger charge is -2.20. The molecule has 0 saturated carbocycles. The summed E-state index contributed by atoms with van der Waals surface area (Å²) in [5.41, 5.74) is 0. The van der Waals surface area contributed by atoms with Crippen molar-refractivity contribution in [2.24, 2.45) is 0 Å². The maximum absolute atomic E-state index is 6.17. The fraction of sp³-hybridized carbons (Fsp3) is 0.615. The van der Waals surface area contributed by atoms with Crippen LogP contribution in [0.3, 0.4) is 0 Å². The molecule has 1 atom stereocenters. The van der Waals surface area contributed by atoms with E-state index in [1.165, 1.54) is 12.8 Å². The van der Waals surface area contributed by atoms with Crippen LogP contribution in [0, 0.1) is 0 Å². The van der Waals surface area contributed by atoms with Crippen molar-refractivity contribution in [3.05, 3.63) is 16.1 Å². The van der Waals surface area contributed by atoms with Gasteiger partial charge in [0.2, 0.25) is 0 Å². The van der Waals surface area contributed by atoms with Gasteiger partial charge in [-0.05, 0) is 39.4 Å². The molecule has 4 nitrogen and oxygen atoms in total. The number of hydrogen-bond acceptors (Lipinski definition) is 4. The maximum Gasteiger partial charge on any atom is 0.147 e. The van der Waals surface area contributed by atoms with Crippen molar-refractivity contribution in [2.75, 3.05) is 37.3 Å². The summed E-state index contributed by atoms with van der Waals surface area (Å²) in [5, 5.41) is 7.57. The predicted molar refractivity (Wildman–Crippen MR) is 82.6 cm³/mol. The third-order valence-corrected chi connectivity index (χ3v) is 4.03. The molecule has 6 heteroatoms. The quantitative estimate of drug-likeness (QED) is 0.875. The van der Waals surface area contributed by atoms with Gasteiger partial charge < -0.3 is 15.5 Å². The van der Waals surface area contributed by atoms with Gasteiger partial charge in [-0.25, -0.2) is 4.98 Å². The van der Waals surface area contributed by atoms with Gasteiger partial charge in [-0.2, -0.15) is 0 Å². The van der Waals surface area contributed by atoms with Crippen LogP contribution in [-0.2, 0) is 0 Å². The maximum atomic E-state index is 6.17. The number of nitrogens with one attached hydrogen (secondary N) is 2. The molecule has 1 aromatic rings. The summed E-state index contributed by atoms with van der Waals surface area (Å²) in [6.45, 7) is 4.81. The monoisotopic (exact) mass is 302 g/mol. The Bertz CT molecular complexity index is 439. The van der Waals surface area contributed by atoms with E-state index in [1.807, 2.05) is 6.92 Å². The fourth-order valence-electron chi connectivity index (χ4n) is 2.33. The van der Waals surface area contributed by atoms with Crippen molar-refractivity contribution in [2.45, 2.75) is 25.8 Å². The zero-order valence-electron chi connectivity index (χ0n) is 11.3. The molecule has 0 aliphatic carbocycles. The van der Waals surface area contributed by atoms with E-state index in [-0.39, 0.29) is 0 Å². The molecule has 0 aromatic carbocycles. The summed E-state index contributed by atoms with van der Waals surface area (Å²) in [6.07, 6.45) is 2.47. The molecular weight excluding hydrogens is 283 g/mol. The third-order valence-electron chi connectivity index (χ3n) is 3.45. The van der Waals surface area contributed by atoms with Crippen molar-refractivity contribution in [3.63, 3.8) is 0 Å². The van der Waals surface area contributed by atoms with Crippen LogP contribution in [0.2, 0.25) is 10.0 Å². The van der Waals surface area contributed by atoms with Crippen molar-refractivity contribution < 1.29 is 0 Å². The molecule has 19 heavy (non-hydrogen) atoms. The van der Waals surface area contributed by atoms with Crippen molar-refractivity contribution >= 4 is 34.8 Å². The Morgan fingerprint density at radius 3 is 2.58 bits per heavy atom. The second-order valence-electron chi connectivity index (χ2n) is 4.84. The van der Waals surface area contributed by atoms with Crippen LogP contribution in [0.1, 0.15) is 19.8 Å². The van der Waals surface area contributed by atoms with Gasteiger partial charge in [0, 0.05) is 19.1 Å². The van der Waals surface area contributed by atoms with Crippen LogP contribution in [-0.4, -0.2) is 42.6 Å². The Labute approximate surface area is 124 Å². The summed E-state index contributed by atoms with van der Waals surface area (Å²) in [7, 11) is 2.15. The average molecular weight is 303 g/mol. The number of aromatic nitrogens is 1. The molecule has 1 aliphatic rings. The molecule has 1 fully saturated rings. The Balaban J connectivity index is 2.04. The second kappa shape index (κ2) is 6.64. The minimum absolute atomic E-state index is 0.551. The van der Waals surface area contributed by atoms with E-state index in [4.69, 9.17) is 23.2 Å². The van der Waals surface area contributed by atoms with Gasteiger partial charge in [0.05, 0.1) is 10.0 Å². The van der Waals surface area contributed by atoms with Crippen LogP contribution in [0.15, 0.2) is 6.07 Å². The first-order chi connectivity index (χ1) is 9.11. The molecule has 1 unspecified atom stereocenters. The number of likely N-dealkylation sites (N-methyl/N-ethyl adjacent to an activating group) is 1. The molecule has 0 spiro atoms. The number of pyridine rings is 1. The van der Waals surface area contributed by atoms with Crippen molar-refractivity contribution in [1.82, 2.24) is 9.88 Å². The van der Waals surface area contributed by atoms with Gasteiger partial charge in [0.15, 0.2) is 0 Å². The van der Waals surface area contributed by atoms with E-state index >= 15 is 0 Å². The number of hydrogen-bond donors (Lipinski definition) is 2. The van der Waals surface area contributed by atoms with Crippen LogP contribution in [0.5, 0.6) is 0 Å². The highest BCUT2D eigenvalue weighted by Crippen LogP contribution is 2.29. The summed E-state index contributed by atoms with van der Waals surface area (Å²) in [6, 6.07) is 2.28. The zero-order chi connectivity index (χ0) is 13.8. The Hall–Kier alpha value is -0.710. The normalized spacial score (nSPS) is 19.7. The SMILES string of the molecule is CCNc1nc(NCC2CCCN2C)c(Cl)cc1Cl. The summed E-state index contributed by atoms with van der Waals surface area (Å²) in [5.74, 6) is 1.37. The molecular formula is C13H20Cl2N4. The number of halogens is 2. The van der Waals surface area contributed by atoms with Gasteiger partial charge in [-0.1, -0.05) is 23.2 Å². The second-order valence-corrected chi connectivity index (χ2v) is 5.65. The first-order valence-electron chi connectivity index (χ1n) is 6.65. The number of likely N-dealkylation sites (tertiary alicyclic amines) is 1. The third kappa shape index (κ3) is 3.65. The van der Waals surface area contributed by atoms with Crippen LogP contribution in [0.4, 0.5) is 11.6 Å². The first-order valence-corrected chi connectivity index (χ1v) is 7.41. The van der Waals surface area contributed by atoms with Gasteiger partial charge in [0.25, 0.3) is 0 Å². The molecule has 2 heterocycles. The van der Waals surface area contributed by atoms with E-state index in [0.717, 1.165) is 19.6 Å². The Morgan fingerprint density at radius 2 is 2.00 bits per heavy atom. The highest BCUT2D eigenvalue weighted by Gasteiger charge is 2.21. The van der Waals surface area contributed by atoms with E-state index in [9.17, 15) is 0 Å². The van der Waals surface area contributed by atoms with Gasteiger partial charge in [-0.3, -0.25) is 0 Å². The van der Waals surface area contributed by atoms with Gasteiger partial charge >= 0.3 is 0 Å². The largest absolute Gasteiger partial charge is 0.369 e. The van der Waals surface area contributed by atoms with Crippen LogP contribution >= 0.6 is 23.2 Å². The number of rotatable bonds is 5. The first kappa shape index (κ1) is 14.7. The predicted octanol–water partition coefficient (Wildman–Crippen LogP) is 3.33. The zero-order valence-corrected chi connectivity index (χ0v) is 12.9. The van der Waals surface area contributed by atoms with Crippen molar-refractivity contribution in [3.8, 4) is 0 Å². The minimum atomic E-state index is 0.551. The Morgan fingerprint density at radius 1 is 1.32 bits per heavy atom. The van der Waals surface area contributed by atoms with Gasteiger partial charge in [-0.15, -0.1) is 0 Å². The lowest BCUT2D eigenvalue weighted by Crippen LogP contribution is -2.31. The van der Waals surface area contributed by atoms with Gasteiger partial charge in [0.1, 0.15) is 11.6 Å². The average Bonchev–Trinajstić information content (AvgIpc) is 2.77. The molecule has 1 aliphatic heterocycles. The molecule has 1 aromatic heterocycles. The van der Waals surface area contributed by atoms with Crippen LogP contribution < -0.4 is 10.6 Å². The number of anilines is 2. The lowest BCUT2D eigenvalue weighted by molar-refractivity contribution is 0.322. The number of nitrogens with zero attached hydrogens (tertiary/aromatic N) is 2. The fourth-order valence-corrected chi connectivity index (χ4v) is 2.83. The van der Waals surface area contributed by atoms with E-state index in [1.54, 1.807) is 6.07 Å². The summed E-state index contributed by atoms with van der Waals surface area (Å²) in [4.78, 5) is 6.81. The molecule has 0 radical (unpaired) electrons. The summed E-state index contributed by atoms with van der Waals surface area (Å²) < 4.78 is 0. The topological polar surface area (TPSA) is 40.2 Å². The molecule has 2 rings (SSSR count). The summed E-state index contributed by atoms with van der Waals surface area (Å²) >= 11 is 12.3. The highest BCUT2D eigenvalue weighted by atomic mass is 35.5. The van der Waals surface area contributed by atoms with E-state index in [2.05, 4.69) is 27.6 Å². The Kier molecular flexibility index (Phi) is 5.13. The molecule has 1 saturated heterocycles. The lowest BCUT2D eigenvalue weighted by atomic mass is 10.2. The molecule has 0 amide bonds. The van der Waals surface area contributed by atoms with Crippen LogP contribution in [0.25, 0.3) is 0 Å². The molecule has 106 valence electrons. The minimum Gasteiger partial charge on any atom is -0.369 e. The smallest absolute Gasteiger partial charge is 0.147 e. The highest BCUT2D eigenvalue weighted by molar-refractivity contribution is 6.37. The van der Waals surface area contributed by atoms with Crippen molar-refractivity contribution in [1.29, 1.82) is 0 Å². The van der Waals surface area contributed by atoms with E-state index in [0.29, 0.717) is 27.7 Å². The molecule has 2 N–H and O–H groups in total. The van der Waals surface area contributed by atoms with E-state index < -0.39 is 0 Å². The molecule has 0 bridgehead atoms. The standard InChI is InChI=1S/C13H20Cl2N4/c1-3-16-12-10(14)7-11(15)13(18-12)17-8-9-5-4-6-19(9)2/h7,9H,3-6,8H2,1-2H3,(H2,16,17,18).